The van der Waals surface area contributed by atoms with Gasteiger partial charge < -0.3 is 10.2 Å². The van der Waals surface area contributed by atoms with Crippen LogP contribution in [0, 0.1) is 5.41 Å². The third kappa shape index (κ3) is 5.65. The molecule has 0 heterocycles. The summed E-state index contributed by atoms with van der Waals surface area (Å²) in [5.41, 5.74) is 1.75. The SMILES string of the molecule is CNC(CCN(C)CC(C)(C)C)c1ccccc1. The van der Waals surface area contributed by atoms with E-state index >= 15 is 0 Å². The van der Waals surface area contributed by atoms with Crippen molar-refractivity contribution in [2.24, 2.45) is 5.41 Å². The third-order valence-electron chi connectivity index (χ3n) is 3.09. The Balaban J connectivity index is 2.46. The van der Waals surface area contributed by atoms with E-state index in [2.05, 4.69) is 68.4 Å². The molecule has 1 aromatic rings. The Morgan fingerprint density at radius 2 is 1.78 bits per heavy atom. The molecule has 0 aliphatic carbocycles. The number of nitrogens with zero attached hydrogens (tertiary/aromatic N) is 1. The Morgan fingerprint density at radius 1 is 1.17 bits per heavy atom. The highest BCUT2D eigenvalue weighted by molar-refractivity contribution is 5.18. The second-order valence-corrected chi connectivity index (χ2v) is 6.34. The minimum Gasteiger partial charge on any atom is -0.313 e. The zero-order valence-corrected chi connectivity index (χ0v) is 12.5. The van der Waals surface area contributed by atoms with E-state index in [0.29, 0.717) is 11.5 Å². The van der Waals surface area contributed by atoms with Crippen molar-refractivity contribution < 1.29 is 0 Å². The van der Waals surface area contributed by atoms with Gasteiger partial charge in [-0.3, -0.25) is 0 Å². The summed E-state index contributed by atoms with van der Waals surface area (Å²) < 4.78 is 0. The van der Waals surface area contributed by atoms with E-state index in [4.69, 9.17) is 0 Å². The van der Waals surface area contributed by atoms with Crippen LogP contribution in [0.5, 0.6) is 0 Å². The van der Waals surface area contributed by atoms with Crippen LogP contribution in [0.25, 0.3) is 0 Å². The molecule has 1 rings (SSSR count). The molecule has 1 aromatic carbocycles. The van der Waals surface area contributed by atoms with E-state index in [9.17, 15) is 0 Å². The van der Waals surface area contributed by atoms with Gasteiger partial charge in [-0.25, -0.2) is 0 Å². The van der Waals surface area contributed by atoms with Gasteiger partial charge in [0, 0.05) is 12.6 Å². The topological polar surface area (TPSA) is 15.3 Å². The monoisotopic (exact) mass is 248 g/mol. The molecule has 0 saturated heterocycles. The Labute approximate surface area is 112 Å². The molecular formula is C16H28N2. The quantitative estimate of drug-likeness (QED) is 0.831. The van der Waals surface area contributed by atoms with Gasteiger partial charge in [0.1, 0.15) is 0 Å². The van der Waals surface area contributed by atoms with E-state index in [1.165, 1.54) is 5.56 Å². The summed E-state index contributed by atoms with van der Waals surface area (Å²) in [4.78, 5) is 2.42. The second-order valence-electron chi connectivity index (χ2n) is 6.34. The van der Waals surface area contributed by atoms with E-state index in [-0.39, 0.29) is 0 Å². The average molecular weight is 248 g/mol. The van der Waals surface area contributed by atoms with Gasteiger partial charge in [0.25, 0.3) is 0 Å². The number of nitrogens with one attached hydrogen (secondary N) is 1. The number of hydrogen-bond acceptors (Lipinski definition) is 2. The number of rotatable bonds is 6. The molecule has 0 fully saturated rings. The van der Waals surface area contributed by atoms with E-state index < -0.39 is 0 Å². The van der Waals surface area contributed by atoms with Crippen molar-refractivity contribution in [1.29, 1.82) is 0 Å². The lowest BCUT2D eigenvalue weighted by molar-refractivity contribution is 0.218. The highest BCUT2D eigenvalue weighted by Crippen LogP contribution is 2.18. The Bertz CT molecular complexity index is 327. The fourth-order valence-corrected chi connectivity index (χ4v) is 2.40. The summed E-state index contributed by atoms with van der Waals surface area (Å²) in [6.07, 6.45) is 1.15. The first kappa shape index (κ1) is 15.2. The lowest BCUT2D eigenvalue weighted by atomic mass is 9.96. The highest BCUT2D eigenvalue weighted by atomic mass is 15.1. The summed E-state index contributed by atoms with van der Waals surface area (Å²) in [5, 5.41) is 3.41. The number of benzene rings is 1. The molecule has 0 aliphatic heterocycles. The van der Waals surface area contributed by atoms with Crippen LogP contribution in [-0.2, 0) is 0 Å². The highest BCUT2D eigenvalue weighted by Gasteiger charge is 2.15. The molecule has 0 bridgehead atoms. The maximum atomic E-state index is 3.41. The van der Waals surface area contributed by atoms with Crippen LogP contribution in [0.15, 0.2) is 30.3 Å². The van der Waals surface area contributed by atoms with Gasteiger partial charge >= 0.3 is 0 Å². The summed E-state index contributed by atoms with van der Waals surface area (Å²) in [7, 11) is 4.25. The summed E-state index contributed by atoms with van der Waals surface area (Å²) in [6.45, 7) is 9.12. The molecule has 2 heteroatoms. The molecule has 0 aromatic heterocycles. The molecule has 0 amide bonds. The molecule has 0 saturated carbocycles. The Hall–Kier alpha value is -0.860. The van der Waals surface area contributed by atoms with Gasteiger partial charge in [-0.15, -0.1) is 0 Å². The fraction of sp³-hybridized carbons (Fsp3) is 0.625. The molecule has 0 aliphatic rings. The van der Waals surface area contributed by atoms with Gasteiger partial charge in [-0.1, -0.05) is 51.1 Å². The zero-order chi connectivity index (χ0) is 13.6. The lowest BCUT2D eigenvalue weighted by Gasteiger charge is -2.28. The Morgan fingerprint density at radius 3 is 2.28 bits per heavy atom. The van der Waals surface area contributed by atoms with Crippen molar-refractivity contribution in [2.75, 3.05) is 27.2 Å². The first-order valence-corrected chi connectivity index (χ1v) is 6.83. The molecule has 2 nitrogen and oxygen atoms in total. The van der Waals surface area contributed by atoms with Gasteiger partial charge in [0.2, 0.25) is 0 Å². The summed E-state index contributed by atoms with van der Waals surface area (Å²) >= 11 is 0. The van der Waals surface area contributed by atoms with Crippen LogP contribution in [-0.4, -0.2) is 32.1 Å². The normalized spacial score (nSPS) is 13.9. The summed E-state index contributed by atoms with van der Waals surface area (Å²) in [5.74, 6) is 0. The van der Waals surface area contributed by atoms with Crippen LogP contribution in [0.3, 0.4) is 0 Å². The maximum Gasteiger partial charge on any atom is 0.0329 e. The Kier molecular flexibility index (Phi) is 5.83. The van der Waals surface area contributed by atoms with E-state index in [1.807, 2.05) is 7.05 Å². The molecule has 1 atom stereocenters. The standard InChI is InChI=1S/C16H28N2/c1-16(2,3)13-18(5)12-11-15(17-4)14-9-7-6-8-10-14/h6-10,15,17H,11-13H2,1-5H3. The molecule has 18 heavy (non-hydrogen) atoms. The summed E-state index contributed by atoms with van der Waals surface area (Å²) in [6, 6.07) is 11.1. The van der Waals surface area contributed by atoms with Crippen LogP contribution < -0.4 is 5.32 Å². The maximum absolute atomic E-state index is 3.41. The smallest absolute Gasteiger partial charge is 0.0329 e. The van der Waals surface area contributed by atoms with Crippen LogP contribution in [0.1, 0.15) is 38.8 Å². The van der Waals surface area contributed by atoms with Gasteiger partial charge in [-0.05, 0) is 38.0 Å². The van der Waals surface area contributed by atoms with Crippen molar-refractivity contribution >= 4 is 0 Å². The second kappa shape index (κ2) is 6.91. The predicted octanol–water partition coefficient (Wildman–Crippen LogP) is 3.32. The minimum absolute atomic E-state index is 0.372. The molecular weight excluding hydrogens is 220 g/mol. The first-order valence-electron chi connectivity index (χ1n) is 6.83. The van der Waals surface area contributed by atoms with Crippen molar-refractivity contribution in [3.8, 4) is 0 Å². The van der Waals surface area contributed by atoms with Crippen LogP contribution in [0.2, 0.25) is 0 Å². The fourth-order valence-electron chi connectivity index (χ4n) is 2.40. The predicted molar refractivity (Wildman–Crippen MR) is 79.8 cm³/mol. The van der Waals surface area contributed by atoms with Gasteiger partial charge in [0.15, 0.2) is 0 Å². The molecule has 102 valence electrons. The molecule has 0 spiro atoms. The van der Waals surface area contributed by atoms with Crippen molar-refractivity contribution in [3.63, 3.8) is 0 Å². The van der Waals surface area contributed by atoms with Crippen molar-refractivity contribution in [1.82, 2.24) is 10.2 Å². The largest absolute Gasteiger partial charge is 0.313 e. The van der Waals surface area contributed by atoms with E-state index in [0.717, 1.165) is 19.5 Å². The zero-order valence-electron chi connectivity index (χ0n) is 12.5. The third-order valence-corrected chi connectivity index (χ3v) is 3.09. The van der Waals surface area contributed by atoms with Gasteiger partial charge in [-0.2, -0.15) is 0 Å². The molecule has 1 N–H and O–H groups in total. The van der Waals surface area contributed by atoms with Crippen molar-refractivity contribution in [3.05, 3.63) is 35.9 Å². The average Bonchev–Trinajstić information content (AvgIpc) is 2.29. The van der Waals surface area contributed by atoms with Crippen molar-refractivity contribution in [2.45, 2.75) is 33.2 Å². The van der Waals surface area contributed by atoms with Crippen LogP contribution >= 0.6 is 0 Å². The molecule has 1 unspecified atom stereocenters. The first-order chi connectivity index (χ1) is 8.42. The van der Waals surface area contributed by atoms with E-state index in [1.54, 1.807) is 0 Å². The van der Waals surface area contributed by atoms with Gasteiger partial charge in [0.05, 0.1) is 0 Å². The number of hydrogen-bond donors (Lipinski definition) is 1. The lowest BCUT2D eigenvalue weighted by Crippen LogP contribution is -2.32. The van der Waals surface area contributed by atoms with Crippen LogP contribution in [0.4, 0.5) is 0 Å². The molecule has 0 radical (unpaired) electrons. The minimum atomic E-state index is 0.372.